The Labute approximate surface area is 190 Å². The lowest BCUT2D eigenvalue weighted by atomic mass is 9.95. The molecule has 3 amide bonds. The molecule has 8 heteroatoms. The first-order valence-corrected chi connectivity index (χ1v) is 11.7. The van der Waals surface area contributed by atoms with E-state index in [1.165, 1.54) is 17.8 Å². The highest BCUT2D eigenvalue weighted by atomic mass is 32.2. The van der Waals surface area contributed by atoms with Crippen LogP contribution in [0.25, 0.3) is 0 Å². The fraction of sp³-hybridized carbons (Fsp3) is 0.375. The van der Waals surface area contributed by atoms with E-state index in [2.05, 4.69) is 10.6 Å². The van der Waals surface area contributed by atoms with Crippen LogP contribution >= 0.6 is 11.8 Å². The molecule has 1 fully saturated rings. The van der Waals surface area contributed by atoms with E-state index in [0.29, 0.717) is 31.5 Å². The SMILES string of the molecule is Cc1ccc(CNC(=O)C2CCN(C(=O)CC3Sc4ccccc4NC3=O)CC2)cc1F. The highest BCUT2D eigenvalue weighted by molar-refractivity contribution is 8.01. The molecule has 1 saturated heterocycles. The Balaban J connectivity index is 1.24. The van der Waals surface area contributed by atoms with Crippen LogP contribution in [0.4, 0.5) is 10.1 Å². The summed E-state index contributed by atoms with van der Waals surface area (Å²) in [5, 5.41) is 5.29. The molecule has 2 heterocycles. The summed E-state index contributed by atoms with van der Waals surface area (Å²) in [5.41, 5.74) is 2.08. The van der Waals surface area contributed by atoms with Crippen molar-refractivity contribution in [3.63, 3.8) is 0 Å². The van der Waals surface area contributed by atoms with Crippen LogP contribution in [0.2, 0.25) is 0 Å². The van der Waals surface area contributed by atoms with E-state index in [-0.39, 0.29) is 42.4 Å². The zero-order valence-electron chi connectivity index (χ0n) is 17.9. The minimum Gasteiger partial charge on any atom is -0.352 e. The van der Waals surface area contributed by atoms with Crippen LogP contribution in [-0.4, -0.2) is 41.0 Å². The number of para-hydroxylation sites is 1. The molecule has 2 aromatic rings. The van der Waals surface area contributed by atoms with Crippen LogP contribution in [0.5, 0.6) is 0 Å². The largest absolute Gasteiger partial charge is 0.352 e. The average Bonchev–Trinajstić information content (AvgIpc) is 2.80. The number of halogens is 1. The molecular formula is C24H26FN3O3S. The maximum atomic E-state index is 13.7. The van der Waals surface area contributed by atoms with Crippen molar-refractivity contribution >= 4 is 35.2 Å². The van der Waals surface area contributed by atoms with Gasteiger partial charge in [-0.1, -0.05) is 24.3 Å². The van der Waals surface area contributed by atoms with E-state index in [1.54, 1.807) is 24.0 Å². The van der Waals surface area contributed by atoms with E-state index in [4.69, 9.17) is 0 Å². The normalized spacial score (nSPS) is 18.6. The van der Waals surface area contributed by atoms with Gasteiger partial charge in [0, 0.05) is 36.9 Å². The van der Waals surface area contributed by atoms with Gasteiger partial charge in [0.05, 0.1) is 10.9 Å². The van der Waals surface area contributed by atoms with Crippen molar-refractivity contribution in [3.8, 4) is 0 Å². The molecule has 2 aliphatic heterocycles. The van der Waals surface area contributed by atoms with Crippen molar-refractivity contribution in [1.82, 2.24) is 10.2 Å². The van der Waals surface area contributed by atoms with E-state index >= 15 is 0 Å². The number of hydrogen-bond donors (Lipinski definition) is 2. The molecule has 1 atom stereocenters. The number of fused-ring (bicyclic) bond motifs is 1. The lowest BCUT2D eigenvalue weighted by Gasteiger charge is -2.32. The van der Waals surface area contributed by atoms with Gasteiger partial charge in [-0.15, -0.1) is 11.8 Å². The maximum Gasteiger partial charge on any atom is 0.238 e. The summed E-state index contributed by atoms with van der Waals surface area (Å²) in [6.07, 6.45) is 1.29. The van der Waals surface area contributed by atoms with E-state index in [0.717, 1.165) is 16.1 Å². The van der Waals surface area contributed by atoms with E-state index in [9.17, 15) is 18.8 Å². The number of carbonyl (C=O) groups is 3. The van der Waals surface area contributed by atoms with Gasteiger partial charge in [-0.3, -0.25) is 14.4 Å². The molecule has 0 saturated carbocycles. The molecular weight excluding hydrogens is 429 g/mol. The summed E-state index contributed by atoms with van der Waals surface area (Å²) >= 11 is 1.42. The van der Waals surface area contributed by atoms with Crippen LogP contribution in [0.3, 0.4) is 0 Å². The van der Waals surface area contributed by atoms with E-state index < -0.39 is 5.25 Å². The standard InChI is InChI=1S/C24H26FN3O3S/c1-15-6-7-16(12-18(15)25)14-26-23(30)17-8-10-28(11-9-17)22(29)13-21-24(31)27-19-4-2-3-5-20(19)32-21/h2-7,12,17,21H,8-11,13-14H2,1H3,(H,26,30)(H,27,31). The van der Waals surface area contributed by atoms with Crippen molar-refractivity contribution in [1.29, 1.82) is 0 Å². The van der Waals surface area contributed by atoms with Crippen LogP contribution in [0.1, 0.15) is 30.4 Å². The third-order valence-electron chi connectivity index (χ3n) is 5.99. The third kappa shape index (κ3) is 5.12. The van der Waals surface area contributed by atoms with Gasteiger partial charge >= 0.3 is 0 Å². The van der Waals surface area contributed by atoms with Gasteiger partial charge in [-0.25, -0.2) is 4.39 Å². The molecule has 2 N–H and O–H groups in total. The molecule has 32 heavy (non-hydrogen) atoms. The number of anilines is 1. The van der Waals surface area contributed by atoms with Crippen LogP contribution in [0, 0.1) is 18.7 Å². The monoisotopic (exact) mass is 455 g/mol. The highest BCUT2D eigenvalue weighted by Gasteiger charge is 2.32. The third-order valence-corrected chi connectivity index (χ3v) is 7.26. The van der Waals surface area contributed by atoms with Gasteiger partial charge in [-0.05, 0) is 49.1 Å². The van der Waals surface area contributed by atoms with E-state index in [1.807, 2.05) is 24.3 Å². The first-order valence-electron chi connectivity index (χ1n) is 10.8. The summed E-state index contributed by atoms with van der Waals surface area (Å²) in [7, 11) is 0. The van der Waals surface area contributed by atoms with Gasteiger partial charge in [0.15, 0.2) is 0 Å². The Kier molecular flexibility index (Phi) is 6.79. The Bertz CT molecular complexity index is 1040. The average molecular weight is 456 g/mol. The van der Waals surface area contributed by atoms with Crippen molar-refractivity contribution < 1.29 is 18.8 Å². The number of thioether (sulfide) groups is 1. The number of nitrogens with one attached hydrogen (secondary N) is 2. The quantitative estimate of drug-likeness (QED) is 0.724. The summed E-state index contributed by atoms with van der Waals surface area (Å²) in [4.78, 5) is 40.4. The molecule has 1 unspecified atom stereocenters. The number of benzene rings is 2. The summed E-state index contributed by atoms with van der Waals surface area (Å²) in [6.45, 7) is 2.97. The molecule has 2 aromatic carbocycles. The Morgan fingerprint density at radius 2 is 1.94 bits per heavy atom. The lowest BCUT2D eigenvalue weighted by Crippen LogP contribution is -2.44. The number of carbonyl (C=O) groups excluding carboxylic acids is 3. The molecule has 2 aliphatic rings. The number of amides is 3. The van der Waals surface area contributed by atoms with Crippen molar-refractivity contribution in [2.24, 2.45) is 5.92 Å². The van der Waals surface area contributed by atoms with Gasteiger partial charge in [-0.2, -0.15) is 0 Å². The van der Waals surface area contributed by atoms with Crippen LogP contribution in [0.15, 0.2) is 47.4 Å². The van der Waals surface area contributed by atoms with Gasteiger partial charge in [0.25, 0.3) is 0 Å². The number of likely N-dealkylation sites (tertiary alicyclic amines) is 1. The molecule has 0 aliphatic carbocycles. The Hall–Kier alpha value is -2.87. The zero-order chi connectivity index (χ0) is 22.7. The zero-order valence-corrected chi connectivity index (χ0v) is 18.7. The molecule has 0 radical (unpaired) electrons. The fourth-order valence-electron chi connectivity index (χ4n) is 3.99. The first kappa shape index (κ1) is 22.3. The van der Waals surface area contributed by atoms with Gasteiger partial charge in [0.2, 0.25) is 17.7 Å². The Morgan fingerprint density at radius 1 is 1.19 bits per heavy atom. The van der Waals surface area contributed by atoms with Crippen molar-refractivity contribution in [2.75, 3.05) is 18.4 Å². The molecule has 4 rings (SSSR count). The predicted octanol–water partition coefficient (Wildman–Crippen LogP) is 3.49. The number of nitrogens with zero attached hydrogens (tertiary/aromatic N) is 1. The van der Waals surface area contributed by atoms with Gasteiger partial charge < -0.3 is 15.5 Å². The second kappa shape index (κ2) is 9.73. The van der Waals surface area contributed by atoms with Crippen molar-refractivity contribution in [2.45, 2.75) is 42.9 Å². The molecule has 0 bridgehead atoms. The number of hydrogen-bond acceptors (Lipinski definition) is 4. The first-order chi connectivity index (χ1) is 15.4. The minimum atomic E-state index is -0.451. The smallest absolute Gasteiger partial charge is 0.238 e. The number of aryl methyl sites for hydroxylation is 1. The lowest BCUT2D eigenvalue weighted by molar-refractivity contribution is -0.136. The minimum absolute atomic E-state index is 0.0639. The molecule has 6 nitrogen and oxygen atoms in total. The highest BCUT2D eigenvalue weighted by Crippen LogP contribution is 2.37. The summed E-state index contributed by atoms with van der Waals surface area (Å²) in [5.74, 6) is -0.739. The molecule has 168 valence electrons. The fourth-order valence-corrected chi connectivity index (χ4v) is 5.09. The Morgan fingerprint density at radius 3 is 2.69 bits per heavy atom. The molecule has 0 aromatic heterocycles. The topological polar surface area (TPSA) is 78.5 Å². The summed E-state index contributed by atoms with van der Waals surface area (Å²) in [6, 6.07) is 12.5. The maximum absolute atomic E-state index is 13.7. The second-order valence-electron chi connectivity index (χ2n) is 8.25. The van der Waals surface area contributed by atoms with Gasteiger partial charge in [0.1, 0.15) is 5.82 Å². The molecule has 0 spiro atoms. The number of piperidine rings is 1. The second-order valence-corrected chi connectivity index (χ2v) is 9.50. The van der Waals surface area contributed by atoms with Crippen LogP contribution in [-0.2, 0) is 20.9 Å². The van der Waals surface area contributed by atoms with Crippen molar-refractivity contribution in [3.05, 3.63) is 59.4 Å². The number of rotatable bonds is 5. The predicted molar refractivity (Wildman–Crippen MR) is 122 cm³/mol. The summed E-state index contributed by atoms with van der Waals surface area (Å²) < 4.78 is 13.7. The van der Waals surface area contributed by atoms with Crippen LogP contribution < -0.4 is 10.6 Å².